The van der Waals surface area contributed by atoms with Crippen molar-refractivity contribution in [2.75, 3.05) is 26.3 Å². The maximum atomic E-state index is 5.87. The van der Waals surface area contributed by atoms with Crippen LogP contribution >= 0.6 is 11.6 Å². The maximum absolute atomic E-state index is 5.87. The Morgan fingerprint density at radius 1 is 1.38 bits per heavy atom. The topological polar surface area (TPSA) is 21.3 Å². The van der Waals surface area contributed by atoms with Gasteiger partial charge in [0.2, 0.25) is 0 Å². The van der Waals surface area contributed by atoms with Gasteiger partial charge in [-0.05, 0) is 31.7 Å². The predicted octanol–water partition coefficient (Wildman–Crippen LogP) is 2.02. The van der Waals surface area contributed by atoms with Crippen molar-refractivity contribution >= 4 is 11.6 Å². The molecule has 0 bridgehead atoms. The molecule has 13 heavy (non-hydrogen) atoms. The van der Waals surface area contributed by atoms with Crippen LogP contribution in [-0.2, 0) is 4.74 Å². The van der Waals surface area contributed by atoms with E-state index in [9.17, 15) is 0 Å². The van der Waals surface area contributed by atoms with E-state index in [2.05, 4.69) is 12.2 Å². The van der Waals surface area contributed by atoms with Gasteiger partial charge in [-0.25, -0.2) is 0 Å². The summed E-state index contributed by atoms with van der Waals surface area (Å²) in [5.41, 5.74) is 0. The highest BCUT2D eigenvalue weighted by Gasteiger charge is 2.26. The minimum Gasteiger partial charge on any atom is -0.380 e. The summed E-state index contributed by atoms with van der Waals surface area (Å²) >= 11 is 5.87. The smallest absolute Gasteiger partial charge is 0.0590 e. The van der Waals surface area contributed by atoms with Gasteiger partial charge in [-0.1, -0.05) is 6.92 Å². The fraction of sp³-hybridized carbons (Fsp3) is 1.00. The number of alkyl halides is 1. The van der Waals surface area contributed by atoms with Crippen LogP contribution in [0, 0.1) is 5.92 Å². The number of halogens is 1. The minimum atomic E-state index is 0.447. The molecule has 0 aromatic heterocycles. The average molecular weight is 206 g/mol. The number of nitrogens with one attached hydrogen (secondary N) is 1. The van der Waals surface area contributed by atoms with Gasteiger partial charge in [0, 0.05) is 18.5 Å². The lowest BCUT2D eigenvalue weighted by Gasteiger charge is -2.30. The van der Waals surface area contributed by atoms with Crippen LogP contribution in [0.25, 0.3) is 0 Å². The number of rotatable bonds is 7. The molecule has 1 saturated carbocycles. The summed E-state index contributed by atoms with van der Waals surface area (Å²) < 4.78 is 5.35. The Hall–Kier alpha value is 0.210. The summed E-state index contributed by atoms with van der Waals surface area (Å²) in [6.45, 7) is 5.93. The zero-order valence-electron chi connectivity index (χ0n) is 8.39. The Kier molecular flexibility index (Phi) is 5.76. The van der Waals surface area contributed by atoms with Gasteiger partial charge in [-0.2, -0.15) is 0 Å². The molecule has 1 aliphatic carbocycles. The standard InChI is InChI=1S/C10H20ClNO/c1-2-4-13-5-3-12-8-9-6-10(11)7-9/h9-10,12H,2-8H2,1H3. The van der Waals surface area contributed by atoms with Crippen molar-refractivity contribution in [1.82, 2.24) is 5.32 Å². The van der Waals surface area contributed by atoms with E-state index in [1.807, 2.05) is 0 Å². The van der Waals surface area contributed by atoms with Crippen molar-refractivity contribution < 1.29 is 4.74 Å². The molecule has 0 aromatic carbocycles. The van der Waals surface area contributed by atoms with E-state index in [0.29, 0.717) is 5.38 Å². The zero-order valence-corrected chi connectivity index (χ0v) is 9.15. The first-order valence-electron chi connectivity index (χ1n) is 5.25. The van der Waals surface area contributed by atoms with E-state index in [1.165, 1.54) is 12.8 Å². The van der Waals surface area contributed by atoms with E-state index in [1.54, 1.807) is 0 Å². The molecule has 0 amide bonds. The second-order valence-corrected chi connectivity index (χ2v) is 4.37. The summed E-state index contributed by atoms with van der Waals surface area (Å²) in [4.78, 5) is 0. The first-order chi connectivity index (χ1) is 6.33. The fourth-order valence-corrected chi connectivity index (χ4v) is 2.02. The summed E-state index contributed by atoms with van der Waals surface area (Å²) in [6, 6.07) is 0. The Bertz CT molecular complexity index is 126. The molecule has 1 fully saturated rings. The molecule has 0 saturated heterocycles. The van der Waals surface area contributed by atoms with Crippen molar-refractivity contribution in [3.8, 4) is 0 Å². The van der Waals surface area contributed by atoms with Crippen LogP contribution in [0.5, 0.6) is 0 Å². The van der Waals surface area contributed by atoms with Gasteiger partial charge in [-0.15, -0.1) is 11.6 Å². The SMILES string of the molecule is CCCOCCNCC1CC(Cl)C1. The molecule has 1 aliphatic rings. The summed E-state index contributed by atoms with van der Waals surface area (Å²) in [6.07, 6.45) is 3.48. The predicted molar refractivity (Wildman–Crippen MR) is 56.3 cm³/mol. The second kappa shape index (κ2) is 6.63. The number of hydrogen-bond donors (Lipinski definition) is 1. The van der Waals surface area contributed by atoms with Gasteiger partial charge >= 0.3 is 0 Å². The summed E-state index contributed by atoms with van der Waals surface area (Å²) in [7, 11) is 0. The third kappa shape index (κ3) is 4.84. The van der Waals surface area contributed by atoms with Crippen molar-refractivity contribution in [2.24, 2.45) is 5.92 Å². The lowest BCUT2D eigenvalue weighted by molar-refractivity contribution is 0.134. The maximum Gasteiger partial charge on any atom is 0.0590 e. The van der Waals surface area contributed by atoms with Crippen LogP contribution in [0.4, 0.5) is 0 Å². The highest BCUT2D eigenvalue weighted by Crippen LogP contribution is 2.30. The molecule has 78 valence electrons. The van der Waals surface area contributed by atoms with E-state index in [4.69, 9.17) is 16.3 Å². The van der Waals surface area contributed by atoms with Crippen molar-refractivity contribution in [2.45, 2.75) is 31.6 Å². The normalized spacial score (nSPS) is 27.2. The lowest BCUT2D eigenvalue weighted by atomic mass is 9.85. The molecular weight excluding hydrogens is 186 g/mol. The lowest BCUT2D eigenvalue weighted by Crippen LogP contribution is -2.34. The Labute approximate surface area is 86.0 Å². The van der Waals surface area contributed by atoms with E-state index in [0.717, 1.165) is 38.6 Å². The second-order valence-electron chi connectivity index (χ2n) is 3.75. The molecule has 0 spiro atoms. The van der Waals surface area contributed by atoms with Gasteiger partial charge < -0.3 is 10.1 Å². The molecule has 0 unspecified atom stereocenters. The molecule has 2 nitrogen and oxygen atoms in total. The third-order valence-corrected chi connectivity index (χ3v) is 2.74. The van der Waals surface area contributed by atoms with Gasteiger partial charge in [0.05, 0.1) is 6.61 Å². The van der Waals surface area contributed by atoms with Gasteiger partial charge in [0.1, 0.15) is 0 Å². The summed E-state index contributed by atoms with van der Waals surface area (Å²) in [5.74, 6) is 0.814. The fourth-order valence-electron chi connectivity index (χ4n) is 1.52. The quantitative estimate of drug-likeness (QED) is 0.507. The Balaban J connectivity index is 1.74. The van der Waals surface area contributed by atoms with Crippen LogP contribution in [0.15, 0.2) is 0 Å². The molecule has 0 heterocycles. The van der Waals surface area contributed by atoms with Crippen LogP contribution in [-0.4, -0.2) is 31.7 Å². The molecule has 0 aromatic rings. The molecule has 3 heteroatoms. The Morgan fingerprint density at radius 3 is 2.77 bits per heavy atom. The van der Waals surface area contributed by atoms with Crippen molar-refractivity contribution in [3.05, 3.63) is 0 Å². The van der Waals surface area contributed by atoms with Crippen molar-refractivity contribution in [3.63, 3.8) is 0 Å². The molecule has 0 atom stereocenters. The van der Waals surface area contributed by atoms with Crippen LogP contribution < -0.4 is 5.32 Å². The van der Waals surface area contributed by atoms with E-state index >= 15 is 0 Å². The number of ether oxygens (including phenoxy) is 1. The molecule has 0 radical (unpaired) electrons. The number of hydrogen-bond acceptors (Lipinski definition) is 2. The minimum absolute atomic E-state index is 0.447. The molecular formula is C10H20ClNO. The monoisotopic (exact) mass is 205 g/mol. The van der Waals surface area contributed by atoms with Gasteiger partial charge in [-0.3, -0.25) is 0 Å². The van der Waals surface area contributed by atoms with Crippen LogP contribution in [0.2, 0.25) is 0 Å². The first-order valence-corrected chi connectivity index (χ1v) is 5.69. The highest BCUT2D eigenvalue weighted by atomic mass is 35.5. The van der Waals surface area contributed by atoms with Gasteiger partial charge in [0.15, 0.2) is 0 Å². The third-order valence-electron chi connectivity index (χ3n) is 2.38. The van der Waals surface area contributed by atoms with E-state index in [-0.39, 0.29) is 0 Å². The molecule has 1 N–H and O–H groups in total. The zero-order chi connectivity index (χ0) is 9.52. The van der Waals surface area contributed by atoms with Crippen molar-refractivity contribution in [1.29, 1.82) is 0 Å². The molecule has 1 rings (SSSR count). The van der Waals surface area contributed by atoms with Crippen LogP contribution in [0.3, 0.4) is 0 Å². The summed E-state index contributed by atoms with van der Waals surface area (Å²) in [5, 5.41) is 3.83. The Morgan fingerprint density at radius 2 is 2.15 bits per heavy atom. The van der Waals surface area contributed by atoms with E-state index < -0.39 is 0 Å². The first kappa shape index (κ1) is 11.3. The average Bonchev–Trinajstić information content (AvgIpc) is 2.07. The highest BCUT2D eigenvalue weighted by molar-refractivity contribution is 6.21. The largest absolute Gasteiger partial charge is 0.380 e. The molecule has 0 aliphatic heterocycles. The van der Waals surface area contributed by atoms with Crippen LogP contribution in [0.1, 0.15) is 26.2 Å². The van der Waals surface area contributed by atoms with Gasteiger partial charge in [0.25, 0.3) is 0 Å².